The molecule has 1 fully saturated rings. The van der Waals surface area contributed by atoms with Crippen molar-refractivity contribution >= 4 is 6.09 Å². The maximum atomic E-state index is 12.3. The lowest BCUT2D eigenvalue weighted by atomic mass is 9.97. The zero-order valence-electron chi connectivity index (χ0n) is 8.66. The van der Waals surface area contributed by atoms with E-state index in [1.165, 1.54) is 4.90 Å². The van der Waals surface area contributed by atoms with E-state index in [0.29, 0.717) is 0 Å². The van der Waals surface area contributed by atoms with E-state index in [1.54, 1.807) is 0 Å². The quantitative estimate of drug-likeness (QED) is 0.794. The van der Waals surface area contributed by atoms with E-state index in [0.717, 1.165) is 0 Å². The Hall–Kier alpha value is -0.980. The molecule has 0 saturated carbocycles. The number of carbonyl (C=O) groups is 1. The molecule has 0 aromatic rings. The minimum atomic E-state index is -4.18. The molecule has 4 nitrogen and oxygen atoms in total. The Labute approximate surface area is 91.0 Å². The molecule has 0 unspecified atom stereocenters. The van der Waals surface area contributed by atoms with Crippen LogP contribution in [0.4, 0.5) is 18.0 Å². The summed E-state index contributed by atoms with van der Waals surface area (Å²) in [6.45, 7) is -0.314. The highest BCUT2D eigenvalue weighted by Gasteiger charge is 2.41. The summed E-state index contributed by atoms with van der Waals surface area (Å²) < 4.78 is 41.5. The number of likely N-dealkylation sites (tertiary alicyclic amines) is 1. The lowest BCUT2D eigenvalue weighted by Crippen LogP contribution is -2.42. The van der Waals surface area contributed by atoms with Crippen LogP contribution in [0.1, 0.15) is 12.8 Å². The van der Waals surface area contributed by atoms with Crippen molar-refractivity contribution in [1.82, 2.24) is 4.90 Å². The zero-order chi connectivity index (χ0) is 12.2. The first kappa shape index (κ1) is 13.1. The highest BCUT2D eigenvalue weighted by molar-refractivity contribution is 5.67. The lowest BCUT2D eigenvalue weighted by molar-refractivity contribution is -0.184. The van der Waals surface area contributed by atoms with Crippen LogP contribution in [0.3, 0.4) is 0 Å². The number of alkyl halides is 3. The van der Waals surface area contributed by atoms with Crippen LogP contribution < -0.4 is 0 Å². The van der Waals surface area contributed by atoms with E-state index in [1.807, 2.05) is 0 Å². The minimum Gasteiger partial charge on any atom is -0.447 e. The SMILES string of the molecule is O=C(OCCO)N1CCC(C(F)(F)F)CC1. The lowest BCUT2D eigenvalue weighted by Gasteiger charge is -2.32. The summed E-state index contributed by atoms with van der Waals surface area (Å²) in [5.41, 5.74) is 0. The molecular weight excluding hydrogens is 227 g/mol. The van der Waals surface area contributed by atoms with E-state index in [-0.39, 0.29) is 39.1 Å². The summed E-state index contributed by atoms with van der Waals surface area (Å²) in [5.74, 6) is -1.32. The number of aliphatic hydroxyl groups excluding tert-OH is 1. The molecule has 0 spiro atoms. The Kier molecular flexibility index (Phi) is 4.40. The molecule has 1 heterocycles. The maximum Gasteiger partial charge on any atom is 0.409 e. The third-order valence-electron chi connectivity index (χ3n) is 2.53. The van der Waals surface area contributed by atoms with Gasteiger partial charge >= 0.3 is 12.3 Å². The van der Waals surface area contributed by atoms with Gasteiger partial charge in [0, 0.05) is 13.1 Å². The molecule has 1 rings (SSSR count). The number of rotatable bonds is 2. The van der Waals surface area contributed by atoms with Crippen LogP contribution in [-0.4, -0.2) is 48.6 Å². The summed E-state index contributed by atoms with van der Waals surface area (Å²) in [6, 6.07) is 0. The highest BCUT2D eigenvalue weighted by atomic mass is 19.4. The fourth-order valence-corrected chi connectivity index (χ4v) is 1.61. The van der Waals surface area contributed by atoms with Crippen molar-refractivity contribution in [2.75, 3.05) is 26.3 Å². The summed E-state index contributed by atoms with van der Waals surface area (Å²) in [5, 5.41) is 8.42. The van der Waals surface area contributed by atoms with Crippen LogP contribution in [0.5, 0.6) is 0 Å². The van der Waals surface area contributed by atoms with Gasteiger partial charge < -0.3 is 14.7 Å². The summed E-state index contributed by atoms with van der Waals surface area (Å²) in [7, 11) is 0. The predicted octanol–water partition coefficient (Wildman–Crippen LogP) is 1.39. The normalized spacial score (nSPS) is 18.6. The van der Waals surface area contributed by atoms with Crippen molar-refractivity contribution in [3.05, 3.63) is 0 Å². The Bertz CT molecular complexity index is 237. The second-order valence-electron chi connectivity index (χ2n) is 3.64. The number of piperidine rings is 1. The van der Waals surface area contributed by atoms with Crippen LogP contribution in [0.2, 0.25) is 0 Å². The monoisotopic (exact) mass is 241 g/mol. The Morgan fingerprint density at radius 2 is 1.94 bits per heavy atom. The van der Waals surface area contributed by atoms with Crippen molar-refractivity contribution < 1.29 is 27.8 Å². The van der Waals surface area contributed by atoms with Crippen molar-refractivity contribution in [3.63, 3.8) is 0 Å². The molecule has 94 valence electrons. The predicted molar refractivity (Wildman–Crippen MR) is 48.8 cm³/mol. The molecule has 0 radical (unpaired) electrons. The van der Waals surface area contributed by atoms with Crippen LogP contribution in [0.25, 0.3) is 0 Å². The Balaban J connectivity index is 2.34. The summed E-state index contributed by atoms with van der Waals surface area (Å²) in [6.07, 6.45) is -5.01. The number of nitrogens with zero attached hydrogens (tertiary/aromatic N) is 1. The molecule has 0 aromatic carbocycles. The molecule has 1 saturated heterocycles. The van der Waals surface area contributed by atoms with Gasteiger partial charge in [0.05, 0.1) is 12.5 Å². The molecule has 0 bridgehead atoms. The molecule has 1 aliphatic heterocycles. The first-order valence-corrected chi connectivity index (χ1v) is 5.04. The maximum absolute atomic E-state index is 12.3. The van der Waals surface area contributed by atoms with Crippen LogP contribution in [0.15, 0.2) is 0 Å². The number of carbonyl (C=O) groups excluding carboxylic acids is 1. The van der Waals surface area contributed by atoms with E-state index < -0.39 is 18.2 Å². The van der Waals surface area contributed by atoms with Crippen LogP contribution >= 0.6 is 0 Å². The topological polar surface area (TPSA) is 49.8 Å². The fraction of sp³-hybridized carbons (Fsp3) is 0.889. The van der Waals surface area contributed by atoms with Gasteiger partial charge in [0.2, 0.25) is 0 Å². The molecule has 0 aliphatic carbocycles. The van der Waals surface area contributed by atoms with E-state index >= 15 is 0 Å². The van der Waals surface area contributed by atoms with E-state index in [4.69, 9.17) is 5.11 Å². The fourth-order valence-electron chi connectivity index (χ4n) is 1.61. The van der Waals surface area contributed by atoms with Gasteiger partial charge in [-0.2, -0.15) is 13.2 Å². The summed E-state index contributed by atoms with van der Waals surface area (Å²) in [4.78, 5) is 12.5. The first-order valence-electron chi connectivity index (χ1n) is 5.04. The van der Waals surface area contributed by atoms with Crippen molar-refractivity contribution in [3.8, 4) is 0 Å². The number of aliphatic hydroxyl groups is 1. The molecule has 1 aliphatic rings. The van der Waals surface area contributed by atoms with Crippen molar-refractivity contribution in [1.29, 1.82) is 0 Å². The van der Waals surface area contributed by atoms with Gasteiger partial charge in [-0.3, -0.25) is 0 Å². The van der Waals surface area contributed by atoms with Gasteiger partial charge in [-0.05, 0) is 12.8 Å². The number of halogens is 3. The number of amides is 1. The second kappa shape index (κ2) is 5.38. The zero-order valence-corrected chi connectivity index (χ0v) is 8.66. The molecule has 7 heteroatoms. The average molecular weight is 241 g/mol. The smallest absolute Gasteiger partial charge is 0.409 e. The average Bonchev–Trinajstić information content (AvgIpc) is 2.25. The van der Waals surface area contributed by atoms with Gasteiger partial charge in [0.15, 0.2) is 0 Å². The van der Waals surface area contributed by atoms with Gasteiger partial charge in [0.25, 0.3) is 0 Å². The molecule has 1 amide bonds. The largest absolute Gasteiger partial charge is 0.447 e. The van der Waals surface area contributed by atoms with Crippen molar-refractivity contribution in [2.24, 2.45) is 5.92 Å². The van der Waals surface area contributed by atoms with Gasteiger partial charge in [-0.25, -0.2) is 4.79 Å². The van der Waals surface area contributed by atoms with Gasteiger partial charge in [0.1, 0.15) is 6.61 Å². The Morgan fingerprint density at radius 3 is 2.38 bits per heavy atom. The number of hydrogen-bond donors (Lipinski definition) is 1. The second-order valence-corrected chi connectivity index (χ2v) is 3.64. The van der Waals surface area contributed by atoms with E-state index in [9.17, 15) is 18.0 Å². The molecule has 1 N–H and O–H groups in total. The van der Waals surface area contributed by atoms with Crippen LogP contribution in [0, 0.1) is 5.92 Å². The molecule has 0 aromatic heterocycles. The van der Waals surface area contributed by atoms with Crippen LogP contribution in [-0.2, 0) is 4.74 Å². The Morgan fingerprint density at radius 1 is 1.38 bits per heavy atom. The highest BCUT2D eigenvalue weighted by Crippen LogP contribution is 2.34. The molecular formula is C9H14F3NO3. The van der Waals surface area contributed by atoms with Crippen molar-refractivity contribution in [2.45, 2.75) is 19.0 Å². The van der Waals surface area contributed by atoms with Gasteiger partial charge in [-0.1, -0.05) is 0 Å². The minimum absolute atomic E-state index is 0.0500. The number of ether oxygens (including phenoxy) is 1. The molecule has 16 heavy (non-hydrogen) atoms. The number of hydrogen-bond acceptors (Lipinski definition) is 3. The molecule has 0 atom stereocenters. The summed E-state index contributed by atoms with van der Waals surface area (Å²) >= 11 is 0. The third kappa shape index (κ3) is 3.55. The third-order valence-corrected chi connectivity index (χ3v) is 2.53. The first-order chi connectivity index (χ1) is 7.45. The van der Waals surface area contributed by atoms with Gasteiger partial charge in [-0.15, -0.1) is 0 Å². The standard InChI is InChI=1S/C9H14F3NO3/c10-9(11,12)7-1-3-13(4-2-7)8(15)16-6-5-14/h7,14H,1-6H2. The van der Waals surface area contributed by atoms with E-state index in [2.05, 4.69) is 4.74 Å².